The molecule has 0 bridgehead atoms. The van der Waals surface area contributed by atoms with Gasteiger partial charge in [-0.3, -0.25) is 9.59 Å². The predicted molar refractivity (Wildman–Crippen MR) is 77.6 cm³/mol. The van der Waals surface area contributed by atoms with E-state index in [0.717, 1.165) is 5.56 Å². The Kier molecular flexibility index (Phi) is 4.95. The normalized spacial score (nSPS) is 16.0. The van der Waals surface area contributed by atoms with Crippen LogP contribution >= 0.6 is 11.6 Å². The van der Waals surface area contributed by atoms with Gasteiger partial charge in [0, 0.05) is 25.2 Å². The maximum absolute atomic E-state index is 12.2. The number of hydrogen-bond acceptors (Lipinski definition) is 3. The van der Waals surface area contributed by atoms with E-state index in [1.54, 1.807) is 11.1 Å². The molecule has 0 aromatic carbocycles. The summed E-state index contributed by atoms with van der Waals surface area (Å²) in [6.07, 6.45) is 2.99. The van der Waals surface area contributed by atoms with E-state index in [1.165, 1.54) is 0 Å². The summed E-state index contributed by atoms with van der Waals surface area (Å²) in [5, 5.41) is 2.86. The first kappa shape index (κ1) is 14.8. The summed E-state index contributed by atoms with van der Waals surface area (Å²) in [7, 11) is 0. The summed E-state index contributed by atoms with van der Waals surface area (Å²) in [5.41, 5.74) is 0.940. The fraction of sp³-hybridized carbons (Fsp3) is 0.500. The second-order valence-electron chi connectivity index (χ2n) is 4.95. The maximum atomic E-state index is 12.2. The van der Waals surface area contributed by atoms with Gasteiger partial charge >= 0.3 is 0 Å². The van der Waals surface area contributed by atoms with Crippen LogP contribution in [0.1, 0.15) is 18.4 Å². The fourth-order valence-corrected chi connectivity index (χ4v) is 2.48. The lowest BCUT2D eigenvalue weighted by atomic mass is 9.96. The molecule has 0 saturated carbocycles. The molecule has 1 aliphatic heterocycles. The third-order valence-corrected chi connectivity index (χ3v) is 3.81. The molecule has 1 aliphatic rings. The predicted octanol–water partition coefficient (Wildman–Crippen LogP) is 1.81. The van der Waals surface area contributed by atoms with Gasteiger partial charge in [0.1, 0.15) is 11.7 Å². The van der Waals surface area contributed by atoms with Crippen molar-refractivity contribution < 1.29 is 9.59 Å². The Morgan fingerprint density at radius 1 is 1.45 bits per heavy atom. The number of carbonyl (C=O) groups is 2. The van der Waals surface area contributed by atoms with Crippen molar-refractivity contribution in [3.8, 4) is 0 Å². The highest BCUT2D eigenvalue weighted by molar-refractivity contribution is 6.27. The molecule has 0 unspecified atom stereocenters. The molecule has 2 rings (SSSR count). The summed E-state index contributed by atoms with van der Waals surface area (Å²) >= 11 is 5.53. The van der Waals surface area contributed by atoms with E-state index < -0.39 is 0 Å². The minimum atomic E-state index is -0.0734. The number of likely N-dealkylation sites (tertiary alicyclic amines) is 1. The quantitative estimate of drug-likeness (QED) is 0.865. The highest BCUT2D eigenvalue weighted by Crippen LogP contribution is 2.20. The Morgan fingerprint density at radius 2 is 2.15 bits per heavy atom. The number of halogens is 1. The van der Waals surface area contributed by atoms with Crippen LogP contribution in [0.4, 0.5) is 5.82 Å². The fourth-order valence-electron chi connectivity index (χ4n) is 2.31. The Morgan fingerprint density at radius 3 is 2.75 bits per heavy atom. The summed E-state index contributed by atoms with van der Waals surface area (Å²) in [6.45, 7) is 3.08. The van der Waals surface area contributed by atoms with Crippen molar-refractivity contribution in [1.82, 2.24) is 9.88 Å². The summed E-state index contributed by atoms with van der Waals surface area (Å²) in [6, 6.07) is 3.74. The number of amides is 2. The monoisotopic (exact) mass is 295 g/mol. The first-order valence-electron chi connectivity index (χ1n) is 6.68. The molecule has 1 aromatic rings. The van der Waals surface area contributed by atoms with E-state index in [9.17, 15) is 9.59 Å². The van der Waals surface area contributed by atoms with Gasteiger partial charge in [-0.1, -0.05) is 6.07 Å². The SMILES string of the molecule is Cc1cccnc1NC(=O)C1CCN(C(=O)CCl)CC1. The minimum Gasteiger partial charge on any atom is -0.342 e. The van der Waals surface area contributed by atoms with Crippen LogP contribution in [0.2, 0.25) is 0 Å². The van der Waals surface area contributed by atoms with Crippen LogP contribution in [0.25, 0.3) is 0 Å². The third kappa shape index (κ3) is 3.48. The average Bonchev–Trinajstić information content (AvgIpc) is 2.49. The van der Waals surface area contributed by atoms with Crippen molar-refractivity contribution in [1.29, 1.82) is 0 Å². The standard InChI is InChI=1S/C14H18ClN3O2/c1-10-3-2-6-16-13(10)17-14(20)11-4-7-18(8-5-11)12(19)9-15/h2-3,6,11H,4-5,7-9H2,1H3,(H,16,17,20). The number of aryl methyl sites for hydroxylation is 1. The van der Waals surface area contributed by atoms with Gasteiger partial charge in [0.05, 0.1) is 0 Å². The molecule has 1 saturated heterocycles. The molecular formula is C14H18ClN3O2. The van der Waals surface area contributed by atoms with Crippen LogP contribution < -0.4 is 5.32 Å². The lowest BCUT2D eigenvalue weighted by Gasteiger charge is -2.30. The molecule has 108 valence electrons. The Bertz CT molecular complexity index is 499. The van der Waals surface area contributed by atoms with Gasteiger partial charge in [-0.05, 0) is 31.4 Å². The number of hydrogen-bond donors (Lipinski definition) is 1. The number of aromatic nitrogens is 1. The third-order valence-electron chi connectivity index (χ3n) is 3.58. The minimum absolute atomic E-state index is 0.00396. The van der Waals surface area contributed by atoms with E-state index in [2.05, 4.69) is 10.3 Å². The second kappa shape index (κ2) is 6.70. The van der Waals surface area contributed by atoms with Gasteiger partial charge in [0.2, 0.25) is 11.8 Å². The molecule has 2 amide bonds. The molecule has 20 heavy (non-hydrogen) atoms. The Labute approximate surface area is 123 Å². The largest absolute Gasteiger partial charge is 0.342 e. The van der Waals surface area contributed by atoms with Crippen LogP contribution in [0.3, 0.4) is 0 Å². The number of rotatable bonds is 3. The Hall–Kier alpha value is -1.62. The lowest BCUT2D eigenvalue weighted by molar-refractivity contribution is -0.132. The zero-order valence-corrected chi connectivity index (χ0v) is 12.2. The second-order valence-corrected chi connectivity index (χ2v) is 5.21. The van der Waals surface area contributed by atoms with E-state index >= 15 is 0 Å². The Balaban J connectivity index is 1.89. The lowest BCUT2D eigenvalue weighted by Crippen LogP contribution is -2.42. The molecule has 0 spiro atoms. The summed E-state index contributed by atoms with van der Waals surface area (Å²) in [4.78, 5) is 29.5. The molecule has 5 nitrogen and oxygen atoms in total. The first-order valence-corrected chi connectivity index (χ1v) is 7.21. The van der Waals surface area contributed by atoms with Gasteiger partial charge in [0.25, 0.3) is 0 Å². The van der Waals surface area contributed by atoms with Crippen LogP contribution in [-0.2, 0) is 9.59 Å². The number of piperidine rings is 1. The molecule has 1 fully saturated rings. The number of carbonyl (C=O) groups excluding carboxylic acids is 2. The van der Waals surface area contributed by atoms with Gasteiger partial charge < -0.3 is 10.2 Å². The molecule has 1 N–H and O–H groups in total. The van der Waals surface area contributed by atoms with Gasteiger partial charge in [0.15, 0.2) is 0 Å². The molecule has 6 heteroatoms. The molecule has 0 aliphatic carbocycles. The van der Waals surface area contributed by atoms with E-state index in [0.29, 0.717) is 31.7 Å². The van der Waals surface area contributed by atoms with E-state index in [1.807, 2.05) is 19.1 Å². The van der Waals surface area contributed by atoms with Crippen molar-refractivity contribution in [2.24, 2.45) is 5.92 Å². The van der Waals surface area contributed by atoms with Crippen molar-refractivity contribution in [3.05, 3.63) is 23.9 Å². The van der Waals surface area contributed by atoms with Gasteiger partial charge in [-0.15, -0.1) is 11.6 Å². The summed E-state index contributed by atoms with van der Waals surface area (Å²) in [5.74, 6) is 0.452. The average molecular weight is 296 g/mol. The summed E-state index contributed by atoms with van der Waals surface area (Å²) < 4.78 is 0. The molecule has 1 aromatic heterocycles. The van der Waals surface area contributed by atoms with E-state index in [4.69, 9.17) is 11.6 Å². The number of anilines is 1. The highest BCUT2D eigenvalue weighted by Gasteiger charge is 2.27. The number of nitrogens with zero attached hydrogens (tertiary/aromatic N) is 2. The highest BCUT2D eigenvalue weighted by atomic mass is 35.5. The zero-order chi connectivity index (χ0) is 14.5. The zero-order valence-electron chi connectivity index (χ0n) is 11.4. The van der Waals surface area contributed by atoms with E-state index in [-0.39, 0.29) is 23.6 Å². The van der Waals surface area contributed by atoms with Crippen molar-refractivity contribution in [2.45, 2.75) is 19.8 Å². The van der Waals surface area contributed by atoms with Crippen molar-refractivity contribution in [2.75, 3.05) is 24.3 Å². The molecule has 0 radical (unpaired) electrons. The van der Waals surface area contributed by atoms with Crippen molar-refractivity contribution in [3.63, 3.8) is 0 Å². The van der Waals surface area contributed by atoms with Crippen molar-refractivity contribution >= 4 is 29.2 Å². The first-order chi connectivity index (χ1) is 9.61. The van der Waals surface area contributed by atoms with Crippen LogP contribution in [0.5, 0.6) is 0 Å². The number of pyridine rings is 1. The number of alkyl halides is 1. The van der Waals surface area contributed by atoms with Crippen LogP contribution in [-0.4, -0.2) is 40.7 Å². The van der Waals surface area contributed by atoms with Gasteiger partial charge in [-0.2, -0.15) is 0 Å². The van der Waals surface area contributed by atoms with Crippen LogP contribution in [0.15, 0.2) is 18.3 Å². The smallest absolute Gasteiger partial charge is 0.237 e. The molecular weight excluding hydrogens is 278 g/mol. The van der Waals surface area contributed by atoms with Crippen LogP contribution in [0, 0.1) is 12.8 Å². The topological polar surface area (TPSA) is 62.3 Å². The number of nitrogens with one attached hydrogen (secondary N) is 1. The van der Waals surface area contributed by atoms with Gasteiger partial charge in [-0.25, -0.2) is 4.98 Å². The molecule has 2 heterocycles. The molecule has 0 atom stereocenters. The maximum Gasteiger partial charge on any atom is 0.237 e.